The number of rotatable bonds is 3. The molecular formula is C12H22N2. The quantitative estimate of drug-likeness (QED) is 0.721. The summed E-state index contributed by atoms with van der Waals surface area (Å²) < 4.78 is 2.13. The summed E-state index contributed by atoms with van der Waals surface area (Å²) in [7, 11) is 0. The van der Waals surface area contributed by atoms with E-state index < -0.39 is 0 Å². The van der Waals surface area contributed by atoms with Gasteiger partial charge in [0.15, 0.2) is 0 Å². The van der Waals surface area contributed by atoms with Crippen molar-refractivity contribution in [3.8, 4) is 0 Å². The fourth-order valence-electron chi connectivity index (χ4n) is 1.82. The van der Waals surface area contributed by atoms with Crippen molar-refractivity contribution < 1.29 is 0 Å². The van der Waals surface area contributed by atoms with E-state index in [9.17, 15) is 0 Å². The molecule has 0 unspecified atom stereocenters. The van der Waals surface area contributed by atoms with Crippen molar-refractivity contribution in [2.75, 3.05) is 0 Å². The van der Waals surface area contributed by atoms with Crippen molar-refractivity contribution in [3.05, 3.63) is 17.5 Å². The second-order valence-corrected chi connectivity index (χ2v) is 3.49. The van der Waals surface area contributed by atoms with E-state index in [1.54, 1.807) is 0 Å². The zero-order valence-electron chi connectivity index (χ0n) is 9.88. The Morgan fingerprint density at radius 1 is 1.36 bits per heavy atom. The van der Waals surface area contributed by atoms with Crippen molar-refractivity contribution in [3.63, 3.8) is 0 Å². The molecule has 0 spiro atoms. The van der Waals surface area contributed by atoms with E-state index in [2.05, 4.69) is 29.8 Å². The van der Waals surface area contributed by atoms with Crippen LogP contribution in [0.2, 0.25) is 0 Å². The number of hydrogen-bond acceptors (Lipinski definition) is 1. The Morgan fingerprint density at radius 2 is 2.00 bits per heavy atom. The van der Waals surface area contributed by atoms with Crippen LogP contribution in [0.3, 0.4) is 0 Å². The molecule has 1 aliphatic carbocycles. The van der Waals surface area contributed by atoms with Crippen molar-refractivity contribution in [2.24, 2.45) is 0 Å². The number of aromatic nitrogens is 2. The summed E-state index contributed by atoms with van der Waals surface area (Å²) in [5.74, 6) is 0.847. The van der Waals surface area contributed by atoms with Gasteiger partial charge >= 0.3 is 0 Å². The van der Waals surface area contributed by atoms with Gasteiger partial charge in [-0.15, -0.1) is 0 Å². The van der Waals surface area contributed by atoms with Gasteiger partial charge in [-0.2, -0.15) is 5.10 Å². The van der Waals surface area contributed by atoms with Crippen LogP contribution < -0.4 is 0 Å². The molecule has 0 bridgehead atoms. The van der Waals surface area contributed by atoms with E-state index in [-0.39, 0.29) is 0 Å². The Hall–Kier alpha value is -0.790. The van der Waals surface area contributed by atoms with Gasteiger partial charge in [0, 0.05) is 12.2 Å². The first-order valence-electron chi connectivity index (χ1n) is 5.91. The van der Waals surface area contributed by atoms with Gasteiger partial charge in [0.05, 0.1) is 6.20 Å². The van der Waals surface area contributed by atoms with Crippen LogP contribution in [0.1, 0.15) is 57.7 Å². The predicted molar refractivity (Wildman–Crippen MR) is 60.6 cm³/mol. The zero-order valence-corrected chi connectivity index (χ0v) is 9.88. The molecule has 0 saturated heterocycles. The monoisotopic (exact) mass is 194 g/mol. The van der Waals surface area contributed by atoms with Gasteiger partial charge in [0.2, 0.25) is 0 Å². The summed E-state index contributed by atoms with van der Waals surface area (Å²) >= 11 is 0. The van der Waals surface area contributed by atoms with Gasteiger partial charge in [-0.3, -0.25) is 4.68 Å². The molecule has 1 heterocycles. The van der Waals surface area contributed by atoms with E-state index in [0.29, 0.717) is 0 Å². The fourth-order valence-corrected chi connectivity index (χ4v) is 1.82. The SMILES string of the molecule is CC.CCc1c(C2CC2)cnn1CC. The summed E-state index contributed by atoms with van der Waals surface area (Å²) in [6.07, 6.45) is 5.95. The molecule has 80 valence electrons. The Labute approximate surface area is 87.3 Å². The third-order valence-electron chi connectivity index (χ3n) is 2.63. The van der Waals surface area contributed by atoms with Crippen molar-refractivity contribution in [1.29, 1.82) is 0 Å². The van der Waals surface area contributed by atoms with Crippen LogP contribution in [0, 0.1) is 0 Å². The first-order chi connectivity index (χ1) is 6.86. The van der Waals surface area contributed by atoms with Crippen LogP contribution in [0.4, 0.5) is 0 Å². The molecule has 14 heavy (non-hydrogen) atoms. The molecule has 2 nitrogen and oxygen atoms in total. The highest BCUT2D eigenvalue weighted by molar-refractivity contribution is 5.26. The molecule has 1 aromatic heterocycles. The Bertz CT molecular complexity index is 272. The normalized spacial score (nSPS) is 14.9. The highest BCUT2D eigenvalue weighted by Gasteiger charge is 2.27. The van der Waals surface area contributed by atoms with Crippen LogP contribution in [0.15, 0.2) is 6.20 Å². The lowest BCUT2D eigenvalue weighted by Crippen LogP contribution is -2.02. The largest absolute Gasteiger partial charge is 0.270 e. The second kappa shape index (κ2) is 5.18. The maximum Gasteiger partial charge on any atom is 0.0527 e. The van der Waals surface area contributed by atoms with Crippen LogP contribution in [0.5, 0.6) is 0 Å². The summed E-state index contributed by atoms with van der Waals surface area (Å²) in [6.45, 7) is 9.38. The van der Waals surface area contributed by atoms with Gasteiger partial charge in [0.25, 0.3) is 0 Å². The van der Waals surface area contributed by atoms with E-state index in [0.717, 1.165) is 18.9 Å². The van der Waals surface area contributed by atoms with E-state index >= 15 is 0 Å². The van der Waals surface area contributed by atoms with Crippen LogP contribution in [-0.2, 0) is 13.0 Å². The Balaban J connectivity index is 0.000000461. The molecule has 0 atom stereocenters. The number of nitrogens with zero attached hydrogens (tertiary/aromatic N) is 2. The maximum atomic E-state index is 4.38. The number of hydrogen-bond donors (Lipinski definition) is 0. The Kier molecular flexibility index (Phi) is 4.18. The first-order valence-corrected chi connectivity index (χ1v) is 5.91. The lowest BCUT2D eigenvalue weighted by Gasteiger charge is -2.03. The third-order valence-corrected chi connectivity index (χ3v) is 2.63. The minimum Gasteiger partial charge on any atom is -0.270 e. The minimum atomic E-state index is 0.847. The summed E-state index contributed by atoms with van der Waals surface area (Å²) in [4.78, 5) is 0. The van der Waals surface area contributed by atoms with Gasteiger partial charge < -0.3 is 0 Å². The predicted octanol–water partition coefficient (Wildman–Crippen LogP) is 3.37. The molecule has 2 rings (SSSR count). The lowest BCUT2D eigenvalue weighted by molar-refractivity contribution is 0.624. The van der Waals surface area contributed by atoms with Crippen molar-refractivity contribution >= 4 is 0 Å². The van der Waals surface area contributed by atoms with Gasteiger partial charge in [0.1, 0.15) is 0 Å². The van der Waals surface area contributed by atoms with Crippen molar-refractivity contribution in [1.82, 2.24) is 9.78 Å². The average molecular weight is 194 g/mol. The maximum absolute atomic E-state index is 4.38. The summed E-state index contributed by atoms with van der Waals surface area (Å²) in [6, 6.07) is 0. The highest BCUT2D eigenvalue weighted by Crippen LogP contribution is 2.41. The summed E-state index contributed by atoms with van der Waals surface area (Å²) in [5, 5.41) is 4.38. The third kappa shape index (κ3) is 2.17. The van der Waals surface area contributed by atoms with E-state index in [4.69, 9.17) is 0 Å². The molecule has 0 aromatic carbocycles. The van der Waals surface area contributed by atoms with Gasteiger partial charge in [-0.05, 0) is 37.7 Å². The summed E-state index contributed by atoms with van der Waals surface area (Å²) in [5.41, 5.74) is 2.97. The fraction of sp³-hybridized carbons (Fsp3) is 0.750. The molecule has 2 heteroatoms. The van der Waals surface area contributed by atoms with Gasteiger partial charge in [-0.25, -0.2) is 0 Å². The highest BCUT2D eigenvalue weighted by atomic mass is 15.3. The minimum absolute atomic E-state index is 0.847. The molecule has 1 fully saturated rings. The molecule has 1 saturated carbocycles. The molecule has 0 N–H and O–H groups in total. The Morgan fingerprint density at radius 3 is 2.43 bits per heavy atom. The van der Waals surface area contributed by atoms with Crippen LogP contribution in [-0.4, -0.2) is 9.78 Å². The molecule has 1 aromatic rings. The molecule has 1 aliphatic rings. The van der Waals surface area contributed by atoms with Crippen LogP contribution >= 0.6 is 0 Å². The smallest absolute Gasteiger partial charge is 0.0527 e. The standard InChI is InChI=1S/C10H16N2.C2H6/c1-3-10-9(8-5-6-8)7-11-12(10)4-2;1-2/h7-8H,3-6H2,1-2H3;1-2H3. The second-order valence-electron chi connectivity index (χ2n) is 3.49. The molecule has 0 amide bonds. The van der Waals surface area contributed by atoms with Crippen LogP contribution in [0.25, 0.3) is 0 Å². The molecular weight excluding hydrogens is 172 g/mol. The lowest BCUT2D eigenvalue weighted by atomic mass is 10.1. The molecule has 0 aliphatic heterocycles. The number of aryl methyl sites for hydroxylation is 1. The van der Waals surface area contributed by atoms with E-state index in [1.165, 1.54) is 24.1 Å². The van der Waals surface area contributed by atoms with Crippen molar-refractivity contribution in [2.45, 2.75) is 59.4 Å². The average Bonchev–Trinajstić information content (AvgIpc) is 3.01. The topological polar surface area (TPSA) is 17.8 Å². The first kappa shape index (κ1) is 11.3. The molecule has 0 radical (unpaired) electrons. The zero-order chi connectivity index (χ0) is 10.6. The van der Waals surface area contributed by atoms with Gasteiger partial charge in [-0.1, -0.05) is 20.8 Å². The van der Waals surface area contributed by atoms with E-state index in [1.807, 2.05) is 13.8 Å².